The van der Waals surface area contributed by atoms with Gasteiger partial charge < -0.3 is 10.5 Å². The average molecular weight is 331 g/mol. The van der Waals surface area contributed by atoms with E-state index in [1.807, 2.05) is 6.07 Å². The van der Waals surface area contributed by atoms with E-state index in [4.69, 9.17) is 10.5 Å². The summed E-state index contributed by atoms with van der Waals surface area (Å²) in [7, 11) is 1.72. The second kappa shape index (κ2) is 6.79. The maximum atomic E-state index is 14.0. The Morgan fingerprint density at radius 1 is 1.58 bits per heavy atom. The third kappa shape index (κ3) is 3.54. The van der Waals surface area contributed by atoms with Crippen molar-refractivity contribution >= 4 is 15.9 Å². The second-order valence-electron chi connectivity index (χ2n) is 5.02. The van der Waals surface area contributed by atoms with E-state index in [9.17, 15) is 4.39 Å². The number of benzene rings is 1. The van der Waals surface area contributed by atoms with Crippen molar-refractivity contribution in [1.82, 2.24) is 4.90 Å². The van der Waals surface area contributed by atoms with Crippen molar-refractivity contribution in [3.05, 3.63) is 34.1 Å². The van der Waals surface area contributed by atoms with E-state index in [1.54, 1.807) is 13.2 Å². The van der Waals surface area contributed by atoms with Gasteiger partial charge in [-0.2, -0.15) is 0 Å². The van der Waals surface area contributed by atoms with E-state index in [1.165, 1.54) is 6.07 Å². The molecule has 2 N–H and O–H groups in total. The highest BCUT2D eigenvalue weighted by Crippen LogP contribution is 2.30. The van der Waals surface area contributed by atoms with Crippen LogP contribution in [0.3, 0.4) is 0 Å². The third-order valence-corrected chi connectivity index (χ3v) is 4.19. The van der Waals surface area contributed by atoms with Crippen LogP contribution in [0, 0.1) is 11.7 Å². The van der Waals surface area contributed by atoms with Crippen LogP contribution in [0.1, 0.15) is 18.0 Å². The summed E-state index contributed by atoms with van der Waals surface area (Å²) in [4.78, 5) is 2.26. The van der Waals surface area contributed by atoms with Gasteiger partial charge in [-0.25, -0.2) is 4.39 Å². The molecule has 1 aromatic rings. The normalized spacial score (nSPS) is 21.8. The minimum absolute atomic E-state index is 0.0562. The molecule has 3 nitrogen and oxygen atoms in total. The first-order valence-corrected chi connectivity index (χ1v) is 7.33. The molecule has 1 aromatic carbocycles. The molecule has 106 valence electrons. The maximum absolute atomic E-state index is 14.0. The Balaban J connectivity index is 2.14. The summed E-state index contributed by atoms with van der Waals surface area (Å²) in [6.07, 6.45) is 1.08. The first kappa shape index (κ1) is 14.9. The third-order valence-electron chi connectivity index (χ3n) is 3.70. The predicted molar refractivity (Wildman–Crippen MR) is 77.5 cm³/mol. The summed E-state index contributed by atoms with van der Waals surface area (Å²) in [6.45, 7) is 3.05. The zero-order chi connectivity index (χ0) is 13.8. The lowest BCUT2D eigenvalue weighted by atomic mass is 10.0. The second-order valence-corrected chi connectivity index (χ2v) is 5.94. The average Bonchev–Trinajstić information content (AvgIpc) is 2.83. The summed E-state index contributed by atoms with van der Waals surface area (Å²) < 4.78 is 20.1. The van der Waals surface area contributed by atoms with Gasteiger partial charge in [0.1, 0.15) is 5.82 Å². The van der Waals surface area contributed by atoms with Gasteiger partial charge in [0.05, 0.1) is 6.61 Å². The van der Waals surface area contributed by atoms with Crippen molar-refractivity contribution < 1.29 is 9.13 Å². The molecule has 0 bridgehead atoms. The molecule has 19 heavy (non-hydrogen) atoms. The molecule has 0 amide bonds. The predicted octanol–water partition coefficient (Wildman–Crippen LogP) is 2.56. The van der Waals surface area contributed by atoms with Gasteiger partial charge in [-0.3, -0.25) is 4.90 Å². The molecule has 2 rings (SSSR count). The van der Waals surface area contributed by atoms with Crippen molar-refractivity contribution in [3.63, 3.8) is 0 Å². The van der Waals surface area contributed by atoms with Crippen LogP contribution >= 0.6 is 15.9 Å². The summed E-state index contributed by atoms with van der Waals surface area (Å²) in [5.74, 6) is 0.336. The fourth-order valence-electron chi connectivity index (χ4n) is 2.76. The Hall–Kier alpha value is -0.490. The Morgan fingerprint density at radius 3 is 3.05 bits per heavy atom. The number of hydrogen-bond donors (Lipinski definition) is 1. The topological polar surface area (TPSA) is 38.5 Å². The molecule has 1 aliphatic heterocycles. The molecule has 1 fully saturated rings. The molecule has 0 aliphatic carbocycles. The Morgan fingerprint density at radius 2 is 2.37 bits per heavy atom. The number of nitrogens with zero attached hydrogens (tertiary/aromatic N) is 1. The molecular weight excluding hydrogens is 311 g/mol. The minimum Gasteiger partial charge on any atom is -0.384 e. The van der Waals surface area contributed by atoms with E-state index in [0.717, 1.165) is 30.6 Å². The monoisotopic (exact) mass is 330 g/mol. The molecule has 0 radical (unpaired) electrons. The first-order chi connectivity index (χ1) is 9.15. The van der Waals surface area contributed by atoms with Crippen molar-refractivity contribution in [1.29, 1.82) is 0 Å². The van der Waals surface area contributed by atoms with E-state index < -0.39 is 0 Å². The van der Waals surface area contributed by atoms with Crippen LogP contribution in [0.5, 0.6) is 0 Å². The lowest BCUT2D eigenvalue weighted by molar-refractivity contribution is 0.147. The molecule has 1 heterocycles. The van der Waals surface area contributed by atoms with Crippen LogP contribution in [0.4, 0.5) is 4.39 Å². The Labute approximate surface area is 122 Å². The number of methoxy groups -OCH3 is 1. The van der Waals surface area contributed by atoms with Gasteiger partial charge in [-0.1, -0.05) is 15.9 Å². The maximum Gasteiger partial charge on any atom is 0.128 e. The lowest BCUT2D eigenvalue weighted by Gasteiger charge is -2.27. The van der Waals surface area contributed by atoms with Gasteiger partial charge in [0.15, 0.2) is 0 Å². The van der Waals surface area contributed by atoms with Gasteiger partial charge in [-0.05, 0) is 37.1 Å². The lowest BCUT2D eigenvalue weighted by Crippen LogP contribution is -2.33. The fourth-order valence-corrected chi connectivity index (χ4v) is 3.14. The zero-order valence-corrected chi connectivity index (χ0v) is 12.7. The van der Waals surface area contributed by atoms with Gasteiger partial charge in [0.25, 0.3) is 0 Å². The van der Waals surface area contributed by atoms with Crippen LogP contribution < -0.4 is 5.73 Å². The standard InChI is InChI=1S/C14H20BrFN2O/c1-19-9-10-4-5-18(8-10)14(7-17)12-6-11(15)2-3-13(12)16/h2-3,6,10,14H,4-5,7-9,17H2,1H3. The smallest absolute Gasteiger partial charge is 0.128 e. The fraction of sp³-hybridized carbons (Fsp3) is 0.571. The molecule has 0 aromatic heterocycles. The van der Waals surface area contributed by atoms with Crippen LogP contribution in [-0.4, -0.2) is 38.3 Å². The molecule has 2 unspecified atom stereocenters. The Kier molecular flexibility index (Phi) is 5.33. The highest BCUT2D eigenvalue weighted by molar-refractivity contribution is 9.10. The van der Waals surface area contributed by atoms with E-state index >= 15 is 0 Å². The molecule has 0 spiro atoms. The number of rotatable bonds is 5. The van der Waals surface area contributed by atoms with Gasteiger partial charge >= 0.3 is 0 Å². The van der Waals surface area contributed by atoms with Gasteiger partial charge in [-0.15, -0.1) is 0 Å². The number of hydrogen-bond acceptors (Lipinski definition) is 3. The van der Waals surface area contributed by atoms with Gasteiger partial charge in [0, 0.05) is 36.3 Å². The van der Waals surface area contributed by atoms with Crippen LogP contribution in [0.15, 0.2) is 22.7 Å². The summed E-state index contributed by atoms with van der Waals surface area (Å²) in [5, 5.41) is 0. The van der Waals surface area contributed by atoms with Crippen molar-refractivity contribution in [3.8, 4) is 0 Å². The van der Waals surface area contributed by atoms with Crippen LogP contribution in [-0.2, 0) is 4.74 Å². The highest BCUT2D eigenvalue weighted by atomic mass is 79.9. The van der Waals surface area contributed by atoms with E-state index in [0.29, 0.717) is 18.0 Å². The SMILES string of the molecule is COCC1CCN(C(CN)c2cc(Br)ccc2F)C1. The molecule has 2 atom stereocenters. The Bertz CT molecular complexity index is 430. The van der Waals surface area contributed by atoms with Crippen molar-refractivity contribution in [2.45, 2.75) is 12.5 Å². The summed E-state index contributed by atoms with van der Waals surface area (Å²) in [5.41, 5.74) is 6.54. The van der Waals surface area contributed by atoms with Crippen molar-refractivity contribution in [2.24, 2.45) is 11.7 Å². The quantitative estimate of drug-likeness (QED) is 0.901. The first-order valence-electron chi connectivity index (χ1n) is 6.53. The highest BCUT2D eigenvalue weighted by Gasteiger charge is 2.29. The van der Waals surface area contributed by atoms with Crippen molar-refractivity contribution in [2.75, 3.05) is 33.4 Å². The van der Waals surface area contributed by atoms with E-state index in [-0.39, 0.29) is 11.9 Å². The summed E-state index contributed by atoms with van der Waals surface area (Å²) in [6, 6.07) is 4.98. The van der Waals surface area contributed by atoms with Crippen LogP contribution in [0.25, 0.3) is 0 Å². The van der Waals surface area contributed by atoms with E-state index in [2.05, 4.69) is 20.8 Å². The van der Waals surface area contributed by atoms with Gasteiger partial charge in [0.2, 0.25) is 0 Å². The minimum atomic E-state index is -0.186. The number of ether oxygens (including phenoxy) is 1. The molecule has 5 heteroatoms. The molecule has 1 aliphatic rings. The molecule has 1 saturated heterocycles. The number of likely N-dealkylation sites (tertiary alicyclic amines) is 1. The number of nitrogens with two attached hydrogens (primary N) is 1. The molecule has 0 saturated carbocycles. The number of halogens is 2. The van der Waals surface area contributed by atoms with Crippen LogP contribution in [0.2, 0.25) is 0 Å². The zero-order valence-electron chi connectivity index (χ0n) is 11.1. The largest absolute Gasteiger partial charge is 0.384 e. The molecular formula is C14H20BrFN2O. The summed E-state index contributed by atoms with van der Waals surface area (Å²) >= 11 is 3.39.